The number of fused-ring (bicyclic) bond motifs is 1. The van der Waals surface area contributed by atoms with Crippen LogP contribution in [0.15, 0.2) is 58.6 Å². The molecule has 0 aliphatic carbocycles. The van der Waals surface area contributed by atoms with Gasteiger partial charge < -0.3 is 9.14 Å². The predicted octanol–water partition coefficient (Wildman–Crippen LogP) is 5.12. The molecule has 0 aliphatic rings. The zero-order valence-corrected chi connectivity index (χ0v) is 14.4. The Morgan fingerprint density at radius 2 is 1.96 bits per heavy atom. The Kier molecular flexibility index (Phi) is 4.64. The topological polar surface area (TPSA) is 30.7 Å². The Bertz CT molecular complexity index is 855. The number of benzene rings is 1. The lowest BCUT2D eigenvalue weighted by atomic mass is 10.2. The largest absolute Gasteiger partial charge is 0.461 e. The van der Waals surface area contributed by atoms with Crippen molar-refractivity contribution in [2.45, 2.75) is 30.4 Å². The second kappa shape index (κ2) is 6.69. The minimum absolute atomic E-state index is 0.272. The highest BCUT2D eigenvalue weighted by atomic mass is 35.5. The van der Waals surface area contributed by atoms with Crippen molar-refractivity contribution < 1.29 is 9.53 Å². The first-order valence-corrected chi connectivity index (χ1v) is 8.41. The van der Waals surface area contributed by atoms with E-state index in [4.69, 9.17) is 16.3 Å². The van der Waals surface area contributed by atoms with Crippen LogP contribution < -0.4 is 0 Å². The molecule has 3 rings (SSSR count). The third-order valence-electron chi connectivity index (χ3n) is 3.61. The average Bonchev–Trinajstić information content (AvgIpc) is 2.80. The molecule has 0 fully saturated rings. The van der Waals surface area contributed by atoms with Gasteiger partial charge in [-0.3, -0.25) is 4.79 Å². The molecule has 118 valence electrons. The molecule has 0 radical (unpaired) electrons. The summed E-state index contributed by atoms with van der Waals surface area (Å²) >= 11 is 7.62. The molecular weight excluding hydrogens is 330 g/mol. The molecule has 5 heteroatoms. The molecule has 0 spiro atoms. The highest BCUT2D eigenvalue weighted by Crippen LogP contribution is 2.36. The van der Waals surface area contributed by atoms with Gasteiger partial charge in [0.2, 0.25) is 0 Å². The summed E-state index contributed by atoms with van der Waals surface area (Å²) < 4.78 is 7.35. The maximum atomic E-state index is 11.1. The fourth-order valence-corrected chi connectivity index (χ4v) is 3.62. The lowest BCUT2D eigenvalue weighted by Gasteiger charge is -2.04. The summed E-state index contributed by atoms with van der Waals surface area (Å²) in [5.41, 5.74) is 3.22. The minimum Gasteiger partial charge on any atom is -0.461 e. The average molecular weight is 346 g/mol. The molecule has 23 heavy (non-hydrogen) atoms. The standard InChI is InChI=1S/C18H16ClNO2S/c1-12-16(11-22-13(2)21)17-5-3-4-10-20(17)18(12)23-15-8-6-14(19)7-9-15/h3-10H,11H2,1-2H3. The van der Waals surface area contributed by atoms with Crippen LogP contribution in [0.25, 0.3) is 5.52 Å². The summed E-state index contributed by atoms with van der Waals surface area (Å²) in [6.45, 7) is 3.77. The fraction of sp³-hybridized carbons (Fsp3) is 0.167. The van der Waals surface area contributed by atoms with Crippen LogP contribution in [0.3, 0.4) is 0 Å². The molecule has 0 unspecified atom stereocenters. The van der Waals surface area contributed by atoms with Crippen LogP contribution in [0.1, 0.15) is 18.1 Å². The van der Waals surface area contributed by atoms with Crippen molar-refractivity contribution in [1.82, 2.24) is 4.40 Å². The fourth-order valence-electron chi connectivity index (χ4n) is 2.46. The molecule has 0 amide bonds. The highest BCUT2D eigenvalue weighted by Gasteiger charge is 2.16. The zero-order valence-electron chi connectivity index (χ0n) is 12.9. The van der Waals surface area contributed by atoms with Gasteiger partial charge in [-0.25, -0.2) is 0 Å². The lowest BCUT2D eigenvalue weighted by molar-refractivity contribution is -0.142. The normalized spacial score (nSPS) is 10.9. The third kappa shape index (κ3) is 3.38. The van der Waals surface area contributed by atoms with E-state index in [0.717, 1.165) is 31.6 Å². The van der Waals surface area contributed by atoms with Crippen LogP contribution in [-0.4, -0.2) is 10.4 Å². The van der Waals surface area contributed by atoms with E-state index in [1.807, 2.05) is 48.7 Å². The maximum absolute atomic E-state index is 11.1. The van der Waals surface area contributed by atoms with Gasteiger partial charge in [-0.1, -0.05) is 29.4 Å². The van der Waals surface area contributed by atoms with Gasteiger partial charge in [0, 0.05) is 28.6 Å². The predicted molar refractivity (Wildman–Crippen MR) is 93.2 cm³/mol. The van der Waals surface area contributed by atoms with Gasteiger partial charge >= 0.3 is 5.97 Å². The van der Waals surface area contributed by atoms with E-state index < -0.39 is 0 Å². The van der Waals surface area contributed by atoms with Gasteiger partial charge in [0.25, 0.3) is 0 Å². The van der Waals surface area contributed by atoms with Gasteiger partial charge in [0.15, 0.2) is 0 Å². The van der Waals surface area contributed by atoms with Gasteiger partial charge in [-0.2, -0.15) is 0 Å². The zero-order chi connectivity index (χ0) is 16.4. The molecule has 0 N–H and O–H groups in total. The Balaban J connectivity index is 2.03. The van der Waals surface area contributed by atoms with Crippen molar-refractivity contribution in [1.29, 1.82) is 0 Å². The van der Waals surface area contributed by atoms with E-state index in [1.54, 1.807) is 11.8 Å². The molecule has 3 aromatic rings. The number of pyridine rings is 1. The second-order valence-electron chi connectivity index (χ2n) is 5.20. The first-order valence-electron chi connectivity index (χ1n) is 7.21. The Morgan fingerprint density at radius 3 is 2.65 bits per heavy atom. The maximum Gasteiger partial charge on any atom is 0.302 e. The second-order valence-corrected chi connectivity index (χ2v) is 6.70. The molecular formula is C18H16ClNO2S. The molecule has 0 bridgehead atoms. The molecule has 0 atom stereocenters. The number of carbonyl (C=O) groups is 1. The summed E-state index contributed by atoms with van der Waals surface area (Å²) in [4.78, 5) is 12.3. The van der Waals surface area contributed by atoms with E-state index in [2.05, 4.69) is 11.3 Å². The van der Waals surface area contributed by atoms with Gasteiger partial charge in [-0.15, -0.1) is 0 Å². The number of nitrogens with zero attached hydrogens (tertiary/aromatic N) is 1. The van der Waals surface area contributed by atoms with Crippen molar-refractivity contribution in [3.63, 3.8) is 0 Å². The van der Waals surface area contributed by atoms with Crippen LogP contribution in [-0.2, 0) is 16.1 Å². The summed E-state index contributed by atoms with van der Waals surface area (Å²) in [6.07, 6.45) is 2.03. The van der Waals surface area contributed by atoms with Crippen molar-refractivity contribution in [2.75, 3.05) is 0 Å². The van der Waals surface area contributed by atoms with Crippen molar-refractivity contribution in [2.24, 2.45) is 0 Å². The molecule has 2 aromatic heterocycles. The van der Waals surface area contributed by atoms with E-state index in [-0.39, 0.29) is 12.6 Å². The SMILES string of the molecule is CC(=O)OCc1c(C)c(Sc2ccc(Cl)cc2)n2ccccc12. The van der Waals surface area contributed by atoms with Crippen molar-refractivity contribution in [3.05, 3.63) is 64.8 Å². The molecule has 1 aromatic carbocycles. The van der Waals surface area contributed by atoms with Gasteiger partial charge in [0.05, 0.1) is 10.5 Å². The van der Waals surface area contributed by atoms with Gasteiger partial charge in [-0.05, 0) is 48.9 Å². The number of rotatable bonds is 4. The first-order chi connectivity index (χ1) is 11.1. The van der Waals surface area contributed by atoms with E-state index >= 15 is 0 Å². The monoisotopic (exact) mass is 345 g/mol. The summed E-state index contributed by atoms with van der Waals surface area (Å²) in [6, 6.07) is 13.8. The van der Waals surface area contributed by atoms with Crippen LogP contribution in [0.2, 0.25) is 5.02 Å². The van der Waals surface area contributed by atoms with Crippen LogP contribution >= 0.6 is 23.4 Å². The summed E-state index contributed by atoms with van der Waals surface area (Å²) in [5.74, 6) is -0.272. The Hall–Kier alpha value is -1.91. The smallest absolute Gasteiger partial charge is 0.302 e. The number of esters is 1. The number of ether oxygens (including phenoxy) is 1. The van der Waals surface area contributed by atoms with Crippen LogP contribution in [0.5, 0.6) is 0 Å². The highest BCUT2D eigenvalue weighted by molar-refractivity contribution is 7.99. The van der Waals surface area contributed by atoms with Crippen LogP contribution in [0.4, 0.5) is 0 Å². The lowest BCUT2D eigenvalue weighted by Crippen LogP contribution is -1.99. The van der Waals surface area contributed by atoms with Crippen molar-refractivity contribution in [3.8, 4) is 0 Å². The van der Waals surface area contributed by atoms with Crippen LogP contribution in [0, 0.1) is 6.92 Å². The summed E-state index contributed by atoms with van der Waals surface area (Å²) in [5, 5.41) is 1.84. The molecule has 2 heterocycles. The van der Waals surface area contributed by atoms with E-state index in [1.165, 1.54) is 6.92 Å². The molecule has 0 aliphatic heterocycles. The van der Waals surface area contributed by atoms with E-state index in [0.29, 0.717) is 0 Å². The summed E-state index contributed by atoms with van der Waals surface area (Å²) in [7, 11) is 0. The number of hydrogen-bond donors (Lipinski definition) is 0. The molecule has 3 nitrogen and oxygen atoms in total. The van der Waals surface area contributed by atoms with Crippen molar-refractivity contribution >= 4 is 34.8 Å². The molecule has 0 saturated carbocycles. The number of halogens is 1. The Morgan fingerprint density at radius 1 is 1.22 bits per heavy atom. The quantitative estimate of drug-likeness (QED) is 0.615. The Labute approximate surface area is 144 Å². The minimum atomic E-state index is -0.272. The number of hydrogen-bond acceptors (Lipinski definition) is 3. The van der Waals surface area contributed by atoms with Gasteiger partial charge in [0.1, 0.15) is 6.61 Å². The first kappa shape index (κ1) is 16.0. The molecule has 0 saturated heterocycles. The van der Waals surface area contributed by atoms with E-state index in [9.17, 15) is 4.79 Å². The number of carbonyl (C=O) groups excluding carboxylic acids is 1. The third-order valence-corrected chi connectivity index (χ3v) is 5.07. The number of aromatic nitrogens is 1.